The second-order valence-corrected chi connectivity index (χ2v) is 5.27. The van der Waals surface area contributed by atoms with Crippen LogP contribution in [-0.4, -0.2) is 29.9 Å². The van der Waals surface area contributed by atoms with Crippen LogP contribution in [0.5, 0.6) is 0 Å². The van der Waals surface area contributed by atoms with E-state index >= 15 is 0 Å². The van der Waals surface area contributed by atoms with Gasteiger partial charge in [0, 0.05) is 19.1 Å². The summed E-state index contributed by atoms with van der Waals surface area (Å²) in [5, 5.41) is 0. The number of nitrogens with zero attached hydrogens (tertiary/aromatic N) is 1. The standard InChI is InChI=1S/C11H18N2O/c12-7-11(3-4-11)10(14)13-6-8-1-2-9(13)5-8/h8-9H,1-7,12H2. The molecule has 14 heavy (non-hydrogen) atoms. The van der Waals surface area contributed by atoms with E-state index < -0.39 is 0 Å². The number of likely N-dealkylation sites (tertiary alicyclic amines) is 1. The fraction of sp³-hybridized carbons (Fsp3) is 0.909. The zero-order valence-corrected chi connectivity index (χ0v) is 8.54. The molecule has 3 heteroatoms. The minimum absolute atomic E-state index is 0.121. The fourth-order valence-electron chi connectivity index (χ4n) is 3.13. The summed E-state index contributed by atoms with van der Waals surface area (Å²) in [5.41, 5.74) is 5.57. The van der Waals surface area contributed by atoms with Crippen LogP contribution in [-0.2, 0) is 4.79 Å². The van der Waals surface area contributed by atoms with Gasteiger partial charge in [-0.15, -0.1) is 0 Å². The average molecular weight is 194 g/mol. The van der Waals surface area contributed by atoms with Crippen molar-refractivity contribution in [3.05, 3.63) is 0 Å². The Kier molecular flexibility index (Phi) is 1.69. The molecule has 1 saturated heterocycles. The van der Waals surface area contributed by atoms with Gasteiger partial charge in [-0.05, 0) is 38.0 Å². The Labute approximate surface area is 84.6 Å². The van der Waals surface area contributed by atoms with Gasteiger partial charge in [-0.3, -0.25) is 4.79 Å². The van der Waals surface area contributed by atoms with Crippen LogP contribution < -0.4 is 5.73 Å². The molecule has 2 atom stereocenters. The number of carbonyl (C=O) groups is 1. The molecule has 0 aromatic rings. The van der Waals surface area contributed by atoms with E-state index in [9.17, 15) is 4.79 Å². The predicted octanol–water partition coefficient (Wildman–Crippen LogP) is 0.736. The number of hydrogen-bond acceptors (Lipinski definition) is 2. The summed E-state index contributed by atoms with van der Waals surface area (Å²) in [7, 11) is 0. The summed E-state index contributed by atoms with van der Waals surface area (Å²) in [6.45, 7) is 1.57. The smallest absolute Gasteiger partial charge is 0.230 e. The largest absolute Gasteiger partial charge is 0.339 e. The first-order valence-corrected chi connectivity index (χ1v) is 5.76. The Hall–Kier alpha value is -0.570. The first kappa shape index (κ1) is 8.72. The van der Waals surface area contributed by atoms with Crippen LogP contribution in [0.1, 0.15) is 32.1 Å². The SMILES string of the molecule is NCC1(C(=O)N2CC3CCC2C3)CC1. The molecule has 3 nitrogen and oxygen atoms in total. The molecule has 78 valence electrons. The minimum Gasteiger partial charge on any atom is -0.339 e. The first-order valence-electron chi connectivity index (χ1n) is 5.76. The molecule has 2 bridgehead atoms. The van der Waals surface area contributed by atoms with Crippen LogP contribution in [0.15, 0.2) is 0 Å². The van der Waals surface area contributed by atoms with Crippen molar-refractivity contribution in [2.45, 2.75) is 38.1 Å². The van der Waals surface area contributed by atoms with E-state index in [2.05, 4.69) is 4.90 Å². The maximum absolute atomic E-state index is 12.2. The van der Waals surface area contributed by atoms with Gasteiger partial charge in [-0.25, -0.2) is 0 Å². The fourth-order valence-corrected chi connectivity index (χ4v) is 3.13. The van der Waals surface area contributed by atoms with Gasteiger partial charge in [-0.1, -0.05) is 0 Å². The summed E-state index contributed by atoms with van der Waals surface area (Å²) in [6, 6.07) is 0.566. The Morgan fingerprint density at radius 3 is 2.64 bits per heavy atom. The van der Waals surface area contributed by atoms with Gasteiger partial charge in [-0.2, -0.15) is 0 Å². The van der Waals surface area contributed by atoms with Gasteiger partial charge >= 0.3 is 0 Å². The van der Waals surface area contributed by atoms with Crippen LogP contribution >= 0.6 is 0 Å². The lowest BCUT2D eigenvalue weighted by Crippen LogP contribution is -2.44. The lowest BCUT2D eigenvalue weighted by Gasteiger charge is -2.30. The Morgan fingerprint density at radius 2 is 2.21 bits per heavy atom. The van der Waals surface area contributed by atoms with Gasteiger partial charge in [0.05, 0.1) is 5.41 Å². The van der Waals surface area contributed by atoms with Gasteiger partial charge in [0.2, 0.25) is 5.91 Å². The van der Waals surface area contributed by atoms with Gasteiger partial charge < -0.3 is 10.6 Å². The maximum Gasteiger partial charge on any atom is 0.230 e. The molecule has 2 N–H and O–H groups in total. The quantitative estimate of drug-likeness (QED) is 0.704. The zero-order chi connectivity index (χ0) is 9.76. The number of nitrogens with two attached hydrogens (primary N) is 1. The van der Waals surface area contributed by atoms with Crippen molar-refractivity contribution in [2.75, 3.05) is 13.1 Å². The molecule has 2 saturated carbocycles. The third-order valence-electron chi connectivity index (χ3n) is 4.37. The molecule has 0 spiro atoms. The van der Waals surface area contributed by atoms with E-state index in [1.165, 1.54) is 19.3 Å². The molecule has 0 aromatic carbocycles. The molecule has 3 aliphatic rings. The van der Waals surface area contributed by atoms with Crippen LogP contribution in [0, 0.1) is 11.3 Å². The van der Waals surface area contributed by atoms with Crippen molar-refractivity contribution in [1.29, 1.82) is 0 Å². The molecule has 1 amide bonds. The molecule has 1 heterocycles. The van der Waals surface area contributed by atoms with E-state index in [0.29, 0.717) is 18.5 Å². The van der Waals surface area contributed by atoms with Crippen molar-refractivity contribution < 1.29 is 4.79 Å². The van der Waals surface area contributed by atoms with E-state index in [1.807, 2.05) is 0 Å². The van der Waals surface area contributed by atoms with Crippen LogP contribution in [0.25, 0.3) is 0 Å². The zero-order valence-electron chi connectivity index (χ0n) is 8.54. The predicted molar refractivity (Wildman–Crippen MR) is 53.6 cm³/mol. The monoisotopic (exact) mass is 194 g/mol. The summed E-state index contributed by atoms with van der Waals surface area (Å²) in [5.74, 6) is 1.17. The molecule has 1 aliphatic heterocycles. The molecule has 0 radical (unpaired) electrons. The molecule has 3 fully saturated rings. The molecular formula is C11H18N2O. The van der Waals surface area contributed by atoms with Crippen molar-refractivity contribution in [3.8, 4) is 0 Å². The van der Waals surface area contributed by atoms with Crippen molar-refractivity contribution in [2.24, 2.45) is 17.1 Å². The molecule has 2 unspecified atom stereocenters. The number of carbonyl (C=O) groups excluding carboxylic acids is 1. The molecule has 0 aromatic heterocycles. The van der Waals surface area contributed by atoms with Crippen molar-refractivity contribution in [3.63, 3.8) is 0 Å². The lowest BCUT2D eigenvalue weighted by molar-refractivity contribution is -0.138. The molecule has 2 aliphatic carbocycles. The summed E-state index contributed by atoms with van der Waals surface area (Å²) >= 11 is 0. The van der Waals surface area contributed by atoms with E-state index in [1.54, 1.807) is 0 Å². The van der Waals surface area contributed by atoms with E-state index in [0.717, 1.165) is 25.3 Å². The van der Waals surface area contributed by atoms with Gasteiger partial charge in [0.1, 0.15) is 0 Å². The van der Waals surface area contributed by atoms with E-state index in [4.69, 9.17) is 5.73 Å². The molecular weight excluding hydrogens is 176 g/mol. The van der Waals surface area contributed by atoms with Crippen molar-refractivity contribution in [1.82, 2.24) is 4.90 Å². The topological polar surface area (TPSA) is 46.3 Å². The number of amides is 1. The van der Waals surface area contributed by atoms with Crippen LogP contribution in [0.3, 0.4) is 0 Å². The molecule has 3 rings (SSSR count). The van der Waals surface area contributed by atoms with Gasteiger partial charge in [0.15, 0.2) is 0 Å². The minimum atomic E-state index is -0.121. The second kappa shape index (κ2) is 2.72. The van der Waals surface area contributed by atoms with Gasteiger partial charge in [0.25, 0.3) is 0 Å². The Morgan fingerprint density at radius 1 is 1.43 bits per heavy atom. The third kappa shape index (κ3) is 1.05. The lowest BCUT2D eigenvalue weighted by atomic mass is 10.0. The summed E-state index contributed by atoms with van der Waals surface area (Å²) in [6.07, 6.45) is 5.87. The first-order chi connectivity index (χ1) is 6.75. The summed E-state index contributed by atoms with van der Waals surface area (Å²) in [4.78, 5) is 14.3. The highest BCUT2D eigenvalue weighted by atomic mass is 16.2. The maximum atomic E-state index is 12.2. The van der Waals surface area contributed by atoms with Crippen LogP contribution in [0.4, 0.5) is 0 Å². The highest BCUT2D eigenvalue weighted by Crippen LogP contribution is 2.49. The Bertz CT molecular complexity index is 272. The number of rotatable bonds is 2. The second-order valence-electron chi connectivity index (χ2n) is 5.27. The average Bonchev–Trinajstić information content (AvgIpc) is 2.73. The van der Waals surface area contributed by atoms with E-state index in [-0.39, 0.29) is 5.41 Å². The number of hydrogen-bond donors (Lipinski definition) is 1. The number of piperidine rings is 1. The third-order valence-corrected chi connectivity index (χ3v) is 4.37. The summed E-state index contributed by atoms with van der Waals surface area (Å²) < 4.78 is 0. The highest BCUT2D eigenvalue weighted by molar-refractivity contribution is 5.86. The number of fused-ring (bicyclic) bond motifs is 2. The van der Waals surface area contributed by atoms with Crippen LogP contribution in [0.2, 0.25) is 0 Å². The Balaban J connectivity index is 1.74. The highest BCUT2D eigenvalue weighted by Gasteiger charge is 2.53. The normalized spacial score (nSPS) is 37.6. The van der Waals surface area contributed by atoms with Crippen molar-refractivity contribution >= 4 is 5.91 Å².